The fourth-order valence-electron chi connectivity index (χ4n) is 3.61. The lowest BCUT2D eigenvalue weighted by molar-refractivity contribution is -0.146. The summed E-state index contributed by atoms with van der Waals surface area (Å²) in [5.41, 5.74) is 1.61. The summed E-state index contributed by atoms with van der Waals surface area (Å²) in [4.78, 5) is 24.4. The number of anilines is 1. The smallest absolute Gasteiger partial charge is 0.412 e. The summed E-state index contributed by atoms with van der Waals surface area (Å²) in [6.07, 6.45) is 5.96. The number of ether oxygens (including phenoxy) is 2. The molecule has 26 heavy (non-hydrogen) atoms. The SMILES string of the molecule is CCCCC[C@@H]1C[C@H](OC(=O)Nc2ccccc2)C=C(C)[C@H]1C(=O)OC. The van der Waals surface area contributed by atoms with Gasteiger partial charge in [0.25, 0.3) is 0 Å². The van der Waals surface area contributed by atoms with Gasteiger partial charge in [0.2, 0.25) is 0 Å². The summed E-state index contributed by atoms with van der Waals surface area (Å²) in [5, 5.41) is 2.73. The van der Waals surface area contributed by atoms with Crippen LogP contribution in [-0.2, 0) is 14.3 Å². The van der Waals surface area contributed by atoms with Crippen LogP contribution in [0.5, 0.6) is 0 Å². The quantitative estimate of drug-likeness (QED) is 0.425. The predicted molar refractivity (Wildman–Crippen MR) is 102 cm³/mol. The number of carbonyl (C=O) groups is 2. The highest BCUT2D eigenvalue weighted by atomic mass is 16.6. The number of nitrogens with one attached hydrogen (secondary N) is 1. The van der Waals surface area contributed by atoms with E-state index in [1.807, 2.05) is 43.3 Å². The van der Waals surface area contributed by atoms with Crippen molar-refractivity contribution >= 4 is 17.7 Å². The van der Waals surface area contributed by atoms with E-state index in [1.165, 1.54) is 7.11 Å². The number of para-hydroxylation sites is 1. The number of hydrogen-bond donors (Lipinski definition) is 1. The minimum Gasteiger partial charge on any atom is -0.469 e. The van der Waals surface area contributed by atoms with Gasteiger partial charge in [0.1, 0.15) is 6.10 Å². The summed E-state index contributed by atoms with van der Waals surface area (Å²) in [5.74, 6) is -0.310. The second-order valence-corrected chi connectivity index (χ2v) is 6.84. The molecule has 0 spiro atoms. The van der Waals surface area contributed by atoms with Gasteiger partial charge in [0, 0.05) is 5.69 Å². The Morgan fingerprint density at radius 2 is 1.92 bits per heavy atom. The Balaban J connectivity index is 2.03. The van der Waals surface area contributed by atoms with Gasteiger partial charge in [0.05, 0.1) is 13.0 Å². The number of carbonyl (C=O) groups excluding carboxylic acids is 2. The zero-order chi connectivity index (χ0) is 18.9. The molecular weight excluding hydrogens is 330 g/mol. The van der Waals surface area contributed by atoms with E-state index >= 15 is 0 Å². The average molecular weight is 359 g/mol. The average Bonchev–Trinajstić information content (AvgIpc) is 2.62. The van der Waals surface area contributed by atoms with E-state index in [1.54, 1.807) is 0 Å². The second kappa shape index (κ2) is 10.00. The molecule has 0 fully saturated rings. The summed E-state index contributed by atoms with van der Waals surface area (Å²) in [7, 11) is 1.43. The number of unbranched alkanes of at least 4 members (excludes halogenated alkanes) is 2. The molecule has 0 heterocycles. The summed E-state index contributed by atoms with van der Waals surface area (Å²) >= 11 is 0. The molecule has 2 rings (SSSR count). The molecule has 0 saturated carbocycles. The third-order valence-electron chi connectivity index (χ3n) is 4.86. The number of methoxy groups -OCH3 is 1. The molecule has 1 aromatic rings. The molecule has 0 aliphatic heterocycles. The van der Waals surface area contributed by atoms with E-state index in [2.05, 4.69) is 12.2 Å². The molecule has 5 heteroatoms. The van der Waals surface area contributed by atoms with Crippen LogP contribution in [0.1, 0.15) is 46.0 Å². The molecule has 1 aliphatic rings. The van der Waals surface area contributed by atoms with Gasteiger partial charge in [-0.05, 0) is 43.9 Å². The van der Waals surface area contributed by atoms with Crippen molar-refractivity contribution in [3.8, 4) is 0 Å². The first-order valence-corrected chi connectivity index (χ1v) is 9.34. The normalized spacial score (nSPS) is 22.3. The molecule has 0 bridgehead atoms. The van der Waals surface area contributed by atoms with Gasteiger partial charge in [-0.25, -0.2) is 4.79 Å². The molecule has 3 atom stereocenters. The van der Waals surface area contributed by atoms with Crippen LogP contribution < -0.4 is 5.32 Å². The third-order valence-corrected chi connectivity index (χ3v) is 4.86. The Labute approximate surface area is 155 Å². The molecule has 0 aromatic heterocycles. The lowest BCUT2D eigenvalue weighted by Crippen LogP contribution is -2.35. The Morgan fingerprint density at radius 3 is 2.58 bits per heavy atom. The maximum atomic E-state index is 12.2. The first-order chi connectivity index (χ1) is 12.5. The maximum Gasteiger partial charge on any atom is 0.412 e. The van der Waals surface area contributed by atoms with Crippen molar-refractivity contribution in [3.05, 3.63) is 42.0 Å². The van der Waals surface area contributed by atoms with Gasteiger partial charge < -0.3 is 9.47 Å². The largest absolute Gasteiger partial charge is 0.469 e. The fourth-order valence-corrected chi connectivity index (χ4v) is 3.61. The van der Waals surface area contributed by atoms with E-state index in [4.69, 9.17) is 9.47 Å². The molecule has 0 saturated heterocycles. The van der Waals surface area contributed by atoms with Crippen molar-refractivity contribution in [1.82, 2.24) is 0 Å². The molecule has 1 aromatic carbocycles. The molecule has 1 N–H and O–H groups in total. The number of rotatable bonds is 7. The minimum absolute atomic E-state index is 0.133. The van der Waals surface area contributed by atoms with Crippen molar-refractivity contribution in [3.63, 3.8) is 0 Å². The van der Waals surface area contributed by atoms with Gasteiger partial charge in [-0.1, -0.05) is 50.0 Å². The second-order valence-electron chi connectivity index (χ2n) is 6.84. The molecule has 1 aliphatic carbocycles. The first-order valence-electron chi connectivity index (χ1n) is 9.34. The Bertz CT molecular complexity index is 626. The van der Waals surface area contributed by atoms with Crippen molar-refractivity contribution in [2.75, 3.05) is 12.4 Å². The minimum atomic E-state index is -0.478. The van der Waals surface area contributed by atoms with Gasteiger partial charge in [0.15, 0.2) is 0 Å². The molecular formula is C21H29NO4. The van der Waals surface area contributed by atoms with Crippen LogP contribution in [0.2, 0.25) is 0 Å². The molecule has 0 radical (unpaired) electrons. The Hall–Kier alpha value is -2.30. The van der Waals surface area contributed by atoms with Gasteiger partial charge in [-0.2, -0.15) is 0 Å². The van der Waals surface area contributed by atoms with Crippen molar-refractivity contribution in [2.24, 2.45) is 11.8 Å². The van der Waals surface area contributed by atoms with E-state index in [-0.39, 0.29) is 23.9 Å². The monoisotopic (exact) mass is 359 g/mol. The highest BCUT2D eigenvalue weighted by Crippen LogP contribution is 2.36. The van der Waals surface area contributed by atoms with Crippen LogP contribution >= 0.6 is 0 Å². The van der Waals surface area contributed by atoms with Gasteiger partial charge in [-0.15, -0.1) is 0 Å². The lowest BCUT2D eigenvalue weighted by atomic mass is 9.75. The van der Waals surface area contributed by atoms with Crippen LogP contribution in [0, 0.1) is 11.8 Å². The zero-order valence-electron chi connectivity index (χ0n) is 15.9. The highest BCUT2D eigenvalue weighted by Gasteiger charge is 2.36. The van der Waals surface area contributed by atoms with Crippen molar-refractivity contribution in [1.29, 1.82) is 0 Å². The first kappa shape index (κ1) is 20.0. The van der Waals surface area contributed by atoms with Gasteiger partial charge >= 0.3 is 12.1 Å². The molecule has 142 valence electrons. The van der Waals surface area contributed by atoms with E-state index in [9.17, 15) is 9.59 Å². The maximum absolute atomic E-state index is 12.2. The predicted octanol–water partition coefficient (Wildman–Crippen LogP) is 4.94. The number of amides is 1. The Kier molecular flexibility index (Phi) is 7.70. The zero-order valence-corrected chi connectivity index (χ0v) is 15.9. The molecule has 5 nitrogen and oxygen atoms in total. The summed E-state index contributed by atoms with van der Waals surface area (Å²) < 4.78 is 10.6. The summed E-state index contributed by atoms with van der Waals surface area (Å²) in [6, 6.07) is 9.21. The van der Waals surface area contributed by atoms with Crippen molar-refractivity contribution < 1.29 is 19.1 Å². The lowest BCUT2D eigenvalue weighted by Gasteiger charge is -2.33. The highest BCUT2D eigenvalue weighted by molar-refractivity contribution is 5.84. The van der Waals surface area contributed by atoms with Gasteiger partial charge in [-0.3, -0.25) is 10.1 Å². The van der Waals surface area contributed by atoms with E-state index < -0.39 is 6.09 Å². The van der Waals surface area contributed by atoms with E-state index in [0.29, 0.717) is 12.1 Å². The summed E-state index contributed by atoms with van der Waals surface area (Å²) in [6.45, 7) is 4.07. The van der Waals surface area contributed by atoms with Crippen molar-refractivity contribution in [2.45, 2.75) is 52.1 Å². The van der Waals surface area contributed by atoms with Crippen LogP contribution in [0.4, 0.5) is 10.5 Å². The van der Waals surface area contributed by atoms with Crippen LogP contribution in [0.15, 0.2) is 42.0 Å². The van der Waals surface area contributed by atoms with Crippen LogP contribution in [-0.4, -0.2) is 25.3 Å². The van der Waals surface area contributed by atoms with Crippen LogP contribution in [0.25, 0.3) is 0 Å². The Morgan fingerprint density at radius 1 is 1.19 bits per heavy atom. The van der Waals surface area contributed by atoms with E-state index in [0.717, 1.165) is 31.3 Å². The topological polar surface area (TPSA) is 64.6 Å². The number of benzene rings is 1. The van der Waals surface area contributed by atoms with Crippen LogP contribution in [0.3, 0.4) is 0 Å². The number of esters is 1. The fraction of sp³-hybridized carbons (Fsp3) is 0.524. The molecule has 1 amide bonds. The molecule has 0 unspecified atom stereocenters. The standard InChI is InChI=1S/C21H29NO4/c1-4-5-7-10-16-14-18(13-15(2)19(16)20(23)25-3)26-21(24)22-17-11-8-6-9-12-17/h6,8-9,11-13,16,18-19H,4-5,7,10,14H2,1-3H3,(H,22,24)/t16-,18-,19-/m1/s1. The number of hydrogen-bond acceptors (Lipinski definition) is 4. The third kappa shape index (κ3) is 5.61.